The van der Waals surface area contributed by atoms with Gasteiger partial charge in [0.1, 0.15) is 11.6 Å². The van der Waals surface area contributed by atoms with Crippen LogP contribution in [0.5, 0.6) is 0 Å². The van der Waals surface area contributed by atoms with Gasteiger partial charge in [0.25, 0.3) is 5.91 Å². The minimum Gasteiger partial charge on any atom is -0.338 e. The topological polar surface area (TPSA) is 66.4 Å². The van der Waals surface area contributed by atoms with Gasteiger partial charge in [0.2, 0.25) is 5.91 Å². The van der Waals surface area contributed by atoms with Crippen LogP contribution in [0.15, 0.2) is 30.5 Å². The monoisotopic (exact) mass is 368 g/mol. The molecule has 0 aliphatic carbocycles. The Morgan fingerprint density at radius 2 is 2.07 bits per heavy atom. The lowest BCUT2D eigenvalue weighted by Gasteiger charge is -2.27. The molecule has 0 radical (unpaired) electrons. The van der Waals surface area contributed by atoms with Gasteiger partial charge in [-0.2, -0.15) is 0 Å². The van der Waals surface area contributed by atoms with Gasteiger partial charge in [-0.25, -0.2) is 14.4 Å². The molecular weight excluding hydrogens is 347 g/mol. The van der Waals surface area contributed by atoms with Gasteiger partial charge in [0, 0.05) is 62.8 Å². The van der Waals surface area contributed by atoms with Gasteiger partial charge in [0.15, 0.2) is 0 Å². The van der Waals surface area contributed by atoms with Crippen LogP contribution < -0.4 is 0 Å². The van der Waals surface area contributed by atoms with Crippen LogP contribution in [0, 0.1) is 5.82 Å². The largest absolute Gasteiger partial charge is 0.338 e. The fourth-order valence-electron chi connectivity index (χ4n) is 3.76. The van der Waals surface area contributed by atoms with Crippen LogP contribution in [0.25, 0.3) is 0 Å². The molecule has 1 fully saturated rings. The van der Waals surface area contributed by atoms with E-state index >= 15 is 0 Å². The number of aromatic nitrogens is 2. The van der Waals surface area contributed by atoms with Crippen molar-refractivity contribution in [3.05, 3.63) is 58.9 Å². The molecule has 0 saturated carbocycles. The average Bonchev–Trinajstić information content (AvgIpc) is 3.16. The number of carbonyl (C=O) groups is 2. The Bertz CT molecular complexity index is 901. The molecule has 2 amide bonds. The average molecular weight is 368 g/mol. The van der Waals surface area contributed by atoms with E-state index < -0.39 is 5.82 Å². The first-order valence-corrected chi connectivity index (χ1v) is 9.16. The number of hydrogen-bond acceptors (Lipinski definition) is 4. The maximum Gasteiger partial charge on any atom is 0.253 e. The summed E-state index contributed by atoms with van der Waals surface area (Å²) in [6.07, 6.45) is 3.33. The minimum absolute atomic E-state index is 0.0621. The summed E-state index contributed by atoms with van der Waals surface area (Å²) >= 11 is 0. The molecule has 4 rings (SSSR count). The summed E-state index contributed by atoms with van der Waals surface area (Å²) in [6, 6.07) is 5.78. The Balaban J connectivity index is 1.46. The molecule has 1 atom stereocenters. The summed E-state index contributed by atoms with van der Waals surface area (Å²) in [5.41, 5.74) is 2.35. The third kappa shape index (κ3) is 3.54. The summed E-state index contributed by atoms with van der Waals surface area (Å²) in [6.45, 7) is 3.95. The normalized spacial score (nSPS) is 19.1. The quantitative estimate of drug-likeness (QED) is 0.815. The molecule has 0 N–H and O–H groups in total. The van der Waals surface area contributed by atoms with E-state index in [0.29, 0.717) is 31.7 Å². The lowest BCUT2D eigenvalue weighted by Crippen LogP contribution is -2.35. The second-order valence-electron chi connectivity index (χ2n) is 7.14. The highest BCUT2D eigenvalue weighted by Crippen LogP contribution is 2.27. The van der Waals surface area contributed by atoms with Crippen LogP contribution in [0.3, 0.4) is 0 Å². The van der Waals surface area contributed by atoms with E-state index in [1.807, 2.05) is 6.20 Å². The van der Waals surface area contributed by atoms with E-state index in [-0.39, 0.29) is 17.7 Å². The van der Waals surface area contributed by atoms with Crippen LogP contribution >= 0.6 is 0 Å². The van der Waals surface area contributed by atoms with Gasteiger partial charge in [0.05, 0.1) is 5.69 Å². The molecule has 0 unspecified atom stereocenters. The van der Waals surface area contributed by atoms with Crippen LogP contribution in [-0.2, 0) is 17.8 Å². The molecule has 7 heteroatoms. The van der Waals surface area contributed by atoms with Crippen molar-refractivity contribution >= 4 is 11.8 Å². The molecule has 2 aromatic rings. The third-order valence-electron chi connectivity index (χ3n) is 5.31. The number of carbonyl (C=O) groups excluding carboxylic acids is 2. The van der Waals surface area contributed by atoms with Crippen LogP contribution in [0.2, 0.25) is 0 Å². The molecule has 3 heterocycles. The fraction of sp³-hybridized carbons (Fsp3) is 0.400. The number of benzene rings is 1. The summed E-state index contributed by atoms with van der Waals surface area (Å²) in [5.74, 6) is 0.325. The molecule has 27 heavy (non-hydrogen) atoms. The molecular formula is C20H21FN4O2. The highest BCUT2D eigenvalue weighted by Gasteiger charge is 2.31. The first-order chi connectivity index (χ1) is 13.0. The maximum absolute atomic E-state index is 13.4. The standard InChI is InChI=1S/C20H21FN4O2/c1-13(26)24-8-6-18-16(12-24)10-22-19(23-18)15-5-7-25(11-15)20(27)14-3-2-4-17(21)9-14/h2-4,9-10,15H,5-8,11-12H2,1H3/t15-/m0/s1. The Labute approximate surface area is 157 Å². The van der Waals surface area contributed by atoms with Gasteiger partial charge in [-0.05, 0) is 24.6 Å². The SMILES string of the molecule is CC(=O)N1CCc2nc([C@H]3CCN(C(=O)c4cccc(F)c4)C3)ncc2C1. The van der Waals surface area contributed by atoms with Crippen molar-refractivity contribution in [2.75, 3.05) is 19.6 Å². The number of amides is 2. The molecule has 2 aliphatic heterocycles. The van der Waals surface area contributed by atoms with E-state index in [1.54, 1.807) is 28.9 Å². The van der Waals surface area contributed by atoms with E-state index in [1.165, 1.54) is 12.1 Å². The summed E-state index contributed by atoms with van der Waals surface area (Å²) in [7, 11) is 0. The molecule has 6 nitrogen and oxygen atoms in total. The van der Waals surface area contributed by atoms with Crippen LogP contribution in [0.4, 0.5) is 4.39 Å². The number of nitrogens with zero attached hydrogens (tertiary/aromatic N) is 4. The van der Waals surface area contributed by atoms with Crippen molar-refractivity contribution in [2.45, 2.75) is 32.2 Å². The molecule has 1 aromatic heterocycles. The molecule has 1 aromatic carbocycles. The lowest BCUT2D eigenvalue weighted by molar-refractivity contribution is -0.129. The summed E-state index contributed by atoms with van der Waals surface area (Å²) in [4.78, 5) is 36.9. The number of fused-ring (bicyclic) bond motifs is 1. The van der Waals surface area contributed by atoms with Crippen LogP contribution in [-0.4, -0.2) is 51.2 Å². The van der Waals surface area contributed by atoms with Crippen molar-refractivity contribution in [1.29, 1.82) is 0 Å². The number of hydrogen-bond donors (Lipinski definition) is 0. The van der Waals surface area contributed by atoms with Crippen molar-refractivity contribution in [1.82, 2.24) is 19.8 Å². The molecule has 2 aliphatic rings. The van der Waals surface area contributed by atoms with Crippen molar-refractivity contribution in [2.24, 2.45) is 0 Å². The Morgan fingerprint density at radius 1 is 1.22 bits per heavy atom. The van der Waals surface area contributed by atoms with Crippen molar-refractivity contribution in [3.8, 4) is 0 Å². The molecule has 0 bridgehead atoms. The predicted molar refractivity (Wildman–Crippen MR) is 96.5 cm³/mol. The smallest absolute Gasteiger partial charge is 0.253 e. The maximum atomic E-state index is 13.4. The van der Waals surface area contributed by atoms with Gasteiger partial charge < -0.3 is 9.80 Å². The predicted octanol–water partition coefficient (Wildman–Crippen LogP) is 2.15. The molecule has 1 saturated heterocycles. The van der Waals surface area contributed by atoms with E-state index in [4.69, 9.17) is 4.98 Å². The van der Waals surface area contributed by atoms with Gasteiger partial charge in [-0.1, -0.05) is 6.07 Å². The lowest BCUT2D eigenvalue weighted by atomic mass is 10.0. The van der Waals surface area contributed by atoms with Gasteiger partial charge >= 0.3 is 0 Å². The molecule has 0 spiro atoms. The van der Waals surface area contributed by atoms with E-state index in [2.05, 4.69) is 4.98 Å². The zero-order valence-corrected chi connectivity index (χ0v) is 15.2. The van der Waals surface area contributed by atoms with Gasteiger partial charge in [-0.15, -0.1) is 0 Å². The summed E-state index contributed by atoms with van der Waals surface area (Å²) in [5, 5.41) is 0. The highest BCUT2D eigenvalue weighted by molar-refractivity contribution is 5.94. The van der Waals surface area contributed by atoms with E-state index in [9.17, 15) is 14.0 Å². The number of rotatable bonds is 2. The van der Waals surface area contributed by atoms with E-state index in [0.717, 1.165) is 29.9 Å². The Hall–Kier alpha value is -2.83. The molecule has 140 valence electrons. The first-order valence-electron chi connectivity index (χ1n) is 9.16. The van der Waals surface area contributed by atoms with Gasteiger partial charge in [-0.3, -0.25) is 9.59 Å². The zero-order chi connectivity index (χ0) is 19.0. The third-order valence-corrected chi connectivity index (χ3v) is 5.31. The van der Waals surface area contributed by atoms with Crippen molar-refractivity contribution < 1.29 is 14.0 Å². The van der Waals surface area contributed by atoms with Crippen molar-refractivity contribution in [3.63, 3.8) is 0 Å². The second kappa shape index (κ2) is 7.06. The Kier molecular flexibility index (Phi) is 4.59. The zero-order valence-electron chi connectivity index (χ0n) is 15.2. The number of likely N-dealkylation sites (tertiary alicyclic amines) is 1. The fourth-order valence-corrected chi connectivity index (χ4v) is 3.76. The van der Waals surface area contributed by atoms with Crippen LogP contribution in [0.1, 0.15) is 46.7 Å². The number of halogens is 1. The summed E-state index contributed by atoms with van der Waals surface area (Å²) < 4.78 is 13.4. The second-order valence-corrected chi connectivity index (χ2v) is 7.14. The first kappa shape index (κ1) is 17.6. The Morgan fingerprint density at radius 3 is 2.85 bits per heavy atom. The highest BCUT2D eigenvalue weighted by atomic mass is 19.1. The minimum atomic E-state index is -0.408.